The molecule has 0 radical (unpaired) electrons. The molecule has 0 saturated carbocycles. The zero-order chi connectivity index (χ0) is 13.2. The van der Waals surface area contributed by atoms with E-state index in [1.165, 1.54) is 0 Å². The molecule has 1 rings (SSSR count). The maximum absolute atomic E-state index is 10.7. The highest BCUT2D eigenvalue weighted by Crippen LogP contribution is 2.14. The number of nitrogens with zero attached hydrogens (tertiary/aromatic N) is 1. The van der Waals surface area contributed by atoms with Gasteiger partial charge in [0, 0.05) is 32.5 Å². The molecular weight excluding hydrogens is 230 g/mol. The number of carbonyl (C=O) groups is 1. The summed E-state index contributed by atoms with van der Waals surface area (Å²) < 4.78 is 5.01. The van der Waals surface area contributed by atoms with Crippen molar-refractivity contribution in [3.63, 3.8) is 0 Å². The second-order valence-corrected chi connectivity index (χ2v) is 4.17. The van der Waals surface area contributed by atoms with E-state index in [-0.39, 0.29) is 6.42 Å². The van der Waals surface area contributed by atoms with Crippen LogP contribution in [0.15, 0.2) is 30.3 Å². The number of aliphatic carboxylic acids is 1. The lowest BCUT2D eigenvalue weighted by molar-refractivity contribution is -0.136. The smallest absolute Gasteiger partial charge is 0.305 e. The summed E-state index contributed by atoms with van der Waals surface area (Å²) in [5.74, 6) is -0.757. The summed E-state index contributed by atoms with van der Waals surface area (Å²) in [6, 6.07) is 9.93. The molecule has 4 nitrogen and oxygen atoms in total. The molecular formula is C14H21NO3. The SMILES string of the molecule is COCCCCN(CCC(=O)O)c1ccccc1. The van der Waals surface area contributed by atoms with Gasteiger partial charge in [0.2, 0.25) is 0 Å². The maximum atomic E-state index is 10.7. The van der Waals surface area contributed by atoms with Crippen molar-refractivity contribution in [2.75, 3.05) is 31.7 Å². The van der Waals surface area contributed by atoms with Crippen molar-refractivity contribution in [3.05, 3.63) is 30.3 Å². The Morgan fingerprint density at radius 1 is 1.22 bits per heavy atom. The Hall–Kier alpha value is -1.55. The van der Waals surface area contributed by atoms with Gasteiger partial charge in [0.1, 0.15) is 0 Å². The molecule has 0 saturated heterocycles. The molecule has 1 aromatic rings. The minimum Gasteiger partial charge on any atom is -0.481 e. The van der Waals surface area contributed by atoms with Crippen molar-refractivity contribution in [2.45, 2.75) is 19.3 Å². The molecule has 1 N–H and O–H groups in total. The summed E-state index contributed by atoms with van der Waals surface area (Å²) in [7, 11) is 1.69. The first-order valence-corrected chi connectivity index (χ1v) is 6.24. The zero-order valence-electron chi connectivity index (χ0n) is 10.8. The first kappa shape index (κ1) is 14.5. The first-order valence-electron chi connectivity index (χ1n) is 6.24. The van der Waals surface area contributed by atoms with Crippen LogP contribution in [0, 0.1) is 0 Å². The Morgan fingerprint density at radius 3 is 2.56 bits per heavy atom. The van der Waals surface area contributed by atoms with Crippen molar-refractivity contribution in [1.29, 1.82) is 0 Å². The number of unbranched alkanes of at least 4 members (excludes halogenated alkanes) is 1. The number of carboxylic acid groups (broad SMARTS) is 1. The molecule has 0 aromatic heterocycles. The van der Waals surface area contributed by atoms with Crippen LogP contribution in [-0.2, 0) is 9.53 Å². The predicted octanol–water partition coefficient (Wildman–Crippen LogP) is 2.39. The molecule has 0 amide bonds. The average molecular weight is 251 g/mol. The fourth-order valence-electron chi connectivity index (χ4n) is 1.79. The van der Waals surface area contributed by atoms with Crippen LogP contribution in [0.1, 0.15) is 19.3 Å². The number of hydrogen-bond acceptors (Lipinski definition) is 3. The Bertz CT molecular complexity index is 340. The van der Waals surface area contributed by atoms with E-state index in [0.717, 1.165) is 31.7 Å². The second-order valence-electron chi connectivity index (χ2n) is 4.17. The first-order chi connectivity index (χ1) is 8.74. The molecule has 0 bridgehead atoms. The predicted molar refractivity (Wildman–Crippen MR) is 72.0 cm³/mol. The second kappa shape index (κ2) is 8.53. The Balaban J connectivity index is 2.49. The number of ether oxygens (including phenoxy) is 1. The van der Waals surface area contributed by atoms with E-state index >= 15 is 0 Å². The molecule has 0 atom stereocenters. The van der Waals surface area contributed by atoms with E-state index in [4.69, 9.17) is 9.84 Å². The van der Waals surface area contributed by atoms with Crippen LogP contribution in [0.4, 0.5) is 5.69 Å². The molecule has 0 aliphatic heterocycles. The highest BCUT2D eigenvalue weighted by molar-refractivity contribution is 5.67. The topological polar surface area (TPSA) is 49.8 Å². The van der Waals surface area contributed by atoms with Crippen LogP contribution in [0.3, 0.4) is 0 Å². The lowest BCUT2D eigenvalue weighted by Gasteiger charge is -2.24. The molecule has 0 heterocycles. The summed E-state index contributed by atoms with van der Waals surface area (Å²) in [4.78, 5) is 12.8. The van der Waals surface area contributed by atoms with E-state index in [1.807, 2.05) is 30.3 Å². The zero-order valence-corrected chi connectivity index (χ0v) is 10.8. The standard InChI is InChI=1S/C14H21NO3/c1-18-12-6-5-10-15(11-9-14(16)17)13-7-3-2-4-8-13/h2-4,7-8H,5-6,9-12H2,1H3,(H,16,17). The van der Waals surface area contributed by atoms with Crippen molar-refractivity contribution >= 4 is 11.7 Å². The van der Waals surface area contributed by atoms with Gasteiger partial charge in [-0.1, -0.05) is 18.2 Å². The highest BCUT2D eigenvalue weighted by Gasteiger charge is 2.07. The van der Waals surface area contributed by atoms with Crippen LogP contribution < -0.4 is 4.90 Å². The number of para-hydroxylation sites is 1. The molecule has 0 spiro atoms. The fourth-order valence-corrected chi connectivity index (χ4v) is 1.79. The number of anilines is 1. The summed E-state index contributed by atoms with van der Waals surface area (Å²) in [6.45, 7) is 2.16. The molecule has 0 fully saturated rings. The Labute approximate surface area is 108 Å². The van der Waals surface area contributed by atoms with Crippen molar-refractivity contribution in [3.8, 4) is 0 Å². The molecule has 0 unspecified atom stereocenters. The van der Waals surface area contributed by atoms with Crippen LogP contribution >= 0.6 is 0 Å². The monoisotopic (exact) mass is 251 g/mol. The van der Waals surface area contributed by atoms with Crippen molar-refractivity contribution in [2.24, 2.45) is 0 Å². The van der Waals surface area contributed by atoms with Gasteiger partial charge in [0.05, 0.1) is 6.42 Å². The molecule has 0 aliphatic carbocycles. The third-order valence-electron chi connectivity index (χ3n) is 2.74. The van der Waals surface area contributed by atoms with Gasteiger partial charge in [-0.15, -0.1) is 0 Å². The quantitative estimate of drug-likeness (QED) is 0.685. The summed E-state index contributed by atoms with van der Waals surface area (Å²) in [5, 5.41) is 8.77. The van der Waals surface area contributed by atoms with Crippen molar-refractivity contribution < 1.29 is 14.6 Å². The number of carboxylic acids is 1. The highest BCUT2D eigenvalue weighted by atomic mass is 16.5. The number of methoxy groups -OCH3 is 1. The van der Waals surface area contributed by atoms with Gasteiger partial charge in [0.15, 0.2) is 0 Å². The van der Waals surface area contributed by atoms with Gasteiger partial charge < -0.3 is 14.7 Å². The maximum Gasteiger partial charge on any atom is 0.305 e. The van der Waals surface area contributed by atoms with Crippen LogP contribution in [-0.4, -0.2) is 37.9 Å². The minimum absolute atomic E-state index is 0.166. The van der Waals surface area contributed by atoms with Gasteiger partial charge in [-0.2, -0.15) is 0 Å². The van der Waals surface area contributed by atoms with E-state index < -0.39 is 5.97 Å². The fraction of sp³-hybridized carbons (Fsp3) is 0.500. The minimum atomic E-state index is -0.757. The summed E-state index contributed by atoms with van der Waals surface area (Å²) in [6.07, 6.45) is 2.16. The molecule has 100 valence electrons. The molecule has 0 aliphatic rings. The molecule has 4 heteroatoms. The Morgan fingerprint density at radius 2 is 1.94 bits per heavy atom. The normalized spacial score (nSPS) is 10.3. The lowest BCUT2D eigenvalue weighted by atomic mass is 10.2. The van der Waals surface area contributed by atoms with Crippen LogP contribution in [0.2, 0.25) is 0 Å². The van der Waals surface area contributed by atoms with Gasteiger partial charge in [-0.05, 0) is 25.0 Å². The van der Waals surface area contributed by atoms with Gasteiger partial charge in [-0.3, -0.25) is 4.79 Å². The number of hydrogen-bond donors (Lipinski definition) is 1. The molecule has 1 aromatic carbocycles. The van der Waals surface area contributed by atoms with E-state index in [2.05, 4.69) is 4.90 Å². The van der Waals surface area contributed by atoms with Crippen LogP contribution in [0.5, 0.6) is 0 Å². The lowest BCUT2D eigenvalue weighted by Crippen LogP contribution is -2.27. The average Bonchev–Trinajstić information content (AvgIpc) is 2.38. The van der Waals surface area contributed by atoms with Gasteiger partial charge >= 0.3 is 5.97 Å². The Kier molecular flexibility index (Phi) is 6.87. The summed E-state index contributed by atoms with van der Waals surface area (Å²) >= 11 is 0. The number of rotatable bonds is 9. The number of benzene rings is 1. The van der Waals surface area contributed by atoms with E-state index in [9.17, 15) is 4.79 Å². The third kappa shape index (κ3) is 5.68. The van der Waals surface area contributed by atoms with E-state index in [1.54, 1.807) is 7.11 Å². The van der Waals surface area contributed by atoms with Crippen molar-refractivity contribution in [1.82, 2.24) is 0 Å². The van der Waals surface area contributed by atoms with Gasteiger partial charge in [0.25, 0.3) is 0 Å². The largest absolute Gasteiger partial charge is 0.481 e. The summed E-state index contributed by atoms with van der Waals surface area (Å²) in [5.41, 5.74) is 1.08. The molecule has 18 heavy (non-hydrogen) atoms. The van der Waals surface area contributed by atoms with E-state index in [0.29, 0.717) is 6.54 Å². The van der Waals surface area contributed by atoms with Gasteiger partial charge in [-0.25, -0.2) is 0 Å². The third-order valence-corrected chi connectivity index (χ3v) is 2.74. The van der Waals surface area contributed by atoms with Crippen LogP contribution in [0.25, 0.3) is 0 Å².